The van der Waals surface area contributed by atoms with Crippen LogP contribution < -0.4 is 4.90 Å². The highest BCUT2D eigenvalue weighted by atomic mass is 32.1. The minimum atomic E-state index is -0.0337. The molecule has 0 unspecified atom stereocenters. The average molecular weight is 644 g/mol. The van der Waals surface area contributed by atoms with Crippen LogP contribution in [0.3, 0.4) is 0 Å². The Hall–Kier alpha value is -5.70. The van der Waals surface area contributed by atoms with E-state index in [2.05, 4.69) is 183 Å². The number of hydrogen-bond donors (Lipinski definition) is 0. The van der Waals surface area contributed by atoms with Crippen LogP contribution in [0.25, 0.3) is 64.0 Å². The molecule has 0 radical (unpaired) electrons. The molecule has 1 aliphatic rings. The Kier molecular flexibility index (Phi) is 6.16. The van der Waals surface area contributed by atoms with Gasteiger partial charge in [-0.15, -0.1) is 11.3 Å². The lowest BCUT2D eigenvalue weighted by atomic mass is 9.82. The van der Waals surface area contributed by atoms with Crippen LogP contribution in [-0.2, 0) is 5.41 Å². The molecule has 0 atom stereocenters. The van der Waals surface area contributed by atoms with E-state index >= 15 is 0 Å². The molecular weight excluding hydrogens is 611 g/mol. The fraction of sp³-hybridized carbons (Fsp3) is 0.0638. The minimum absolute atomic E-state index is 0.0337. The molecule has 0 fully saturated rings. The first-order valence-electron chi connectivity index (χ1n) is 17.0. The van der Waals surface area contributed by atoms with Gasteiger partial charge >= 0.3 is 0 Å². The van der Waals surface area contributed by atoms with Crippen LogP contribution in [0.5, 0.6) is 0 Å². The molecule has 0 saturated carbocycles. The van der Waals surface area contributed by atoms with Crippen molar-refractivity contribution in [3.05, 3.63) is 175 Å². The molecule has 2 heteroatoms. The van der Waals surface area contributed by atoms with E-state index in [1.54, 1.807) is 0 Å². The van der Waals surface area contributed by atoms with E-state index < -0.39 is 0 Å². The lowest BCUT2D eigenvalue weighted by Crippen LogP contribution is -2.15. The number of hydrogen-bond acceptors (Lipinski definition) is 2. The summed E-state index contributed by atoms with van der Waals surface area (Å²) in [6.45, 7) is 4.69. The standard InChI is InChI=1S/C47H33NS/c1-47(2)42-15-9-8-14-38(42)40-28-35(23-26-43(40)47)48(34-21-18-31(19-22-34)30-10-4-3-5-11-30)36-24-27-44-41(29-36)39-25-20-33-17-16-32-12-6-7-13-37(32)45(33)46(39)49-44/h3-29H,1-2H3. The summed E-state index contributed by atoms with van der Waals surface area (Å²) >= 11 is 1.91. The Bertz CT molecular complexity index is 2730. The zero-order valence-corrected chi connectivity index (χ0v) is 28.3. The van der Waals surface area contributed by atoms with Crippen LogP contribution in [0.15, 0.2) is 164 Å². The molecule has 0 N–H and O–H groups in total. The maximum atomic E-state index is 2.43. The van der Waals surface area contributed by atoms with Gasteiger partial charge in [0.25, 0.3) is 0 Å². The quantitative estimate of drug-likeness (QED) is 0.173. The van der Waals surface area contributed by atoms with Gasteiger partial charge in [-0.1, -0.05) is 135 Å². The van der Waals surface area contributed by atoms with Crippen LogP contribution in [0.4, 0.5) is 17.1 Å². The molecule has 0 bridgehead atoms. The molecule has 9 aromatic rings. The van der Waals surface area contributed by atoms with Crippen molar-refractivity contribution in [3.63, 3.8) is 0 Å². The number of nitrogens with zero attached hydrogens (tertiary/aromatic N) is 1. The van der Waals surface area contributed by atoms with Gasteiger partial charge in [-0.3, -0.25) is 0 Å². The van der Waals surface area contributed by atoms with Crippen molar-refractivity contribution in [3.8, 4) is 22.3 Å². The van der Waals surface area contributed by atoms with Crippen LogP contribution >= 0.6 is 11.3 Å². The summed E-state index contributed by atoms with van der Waals surface area (Å²) in [5.41, 5.74) is 11.3. The van der Waals surface area contributed by atoms with E-state index in [-0.39, 0.29) is 5.41 Å². The normalized spacial score (nSPS) is 13.3. The van der Waals surface area contributed by atoms with E-state index in [0.717, 1.165) is 17.1 Å². The molecule has 0 amide bonds. The first kappa shape index (κ1) is 28.3. The van der Waals surface area contributed by atoms with Gasteiger partial charge in [-0.05, 0) is 92.0 Å². The second-order valence-electron chi connectivity index (χ2n) is 13.8. The van der Waals surface area contributed by atoms with E-state index in [1.165, 1.54) is 75.1 Å². The van der Waals surface area contributed by atoms with Gasteiger partial charge < -0.3 is 4.90 Å². The third-order valence-corrected chi connectivity index (χ3v) is 11.8. The lowest BCUT2D eigenvalue weighted by molar-refractivity contribution is 0.660. The fourth-order valence-corrected chi connectivity index (χ4v) is 9.43. The van der Waals surface area contributed by atoms with Crippen molar-refractivity contribution >= 4 is 70.1 Å². The van der Waals surface area contributed by atoms with Crippen LogP contribution in [0.1, 0.15) is 25.0 Å². The summed E-state index contributed by atoms with van der Waals surface area (Å²) in [5, 5.41) is 7.86. The maximum Gasteiger partial charge on any atom is 0.0468 e. The van der Waals surface area contributed by atoms with Gasteiger partial charge in [-0.2, -0.15) is 0 Å². The van der Waals surface area contributed by atoms with Crippen molar-refractivity contribution in [1.82, 2.24) is 0 Å². The summed E-state index contributed by atoms with van der Waals surface area (Å²) < 4.78 is 2.67. The highest BCUT2D eigenvalue weighted by molar-refractivity contribution is 7.26. The fourth-order valence-electron chi connectivity index (χ4n) is 8.18. The molecule has 1 heterocycles. The van der Waals surface area contributed by atoms with E-state index in [9.17, 15) is 0 Å². The Labute approximate surface area is 290 Å². The molecule has 1 nitrogen and oxygen atoms in total. The van der Waals surface area contributed by atoms with Gasteiger partial charge in [0.1, 0.15) is 0 Å². The second-order valence-corrected chi connectivity index (χ2v) is 14.8. The summed E-state index contributed by atoms with van der Waals surface area (Å²) in [6, 6.07) is 60.6. The maximum absolute atomic E-state index is 2.43. The molecule has 232 valence electrons. The van der Waals surface area contributed by atoms with Crippen molar-refractivity contribution in [2.24, 2.45) is 0 Å². The highest BCUT2D eigenvalue weighted by Gasteiger charge is 2.35. The van der Waals surface area contributed by atoms with Gasteiger partial charge in [0.05, 0.1) is 0 Å². The SMILES string of the molecule is CC1(C)c2ccccc2-c2cc(N(c3ccc(-c4ccccc4)cc3)c3ccc4sc5c(ccc6ccc7ccccc7c65)c4c3)ccc21. The predicted molar refractivity (Wildman–Crippen MR) is 212 cm³/mol. The van der Waals surface area contributed by atoms with Crippen LogP contribution in [0, 0.1) is 0 Å². The first-order chi connectivity index (χ1) is 24.0. The van der Waals surface area contributed by atoms with Crippen LogP contribution in [0.2, 0.25) is 0 Å². The summed E-state index contributed by atoms with van der Waals surface area (Å²) in [5.74, 6) is 0. The summed E-state index contributed by atoms with van der Waals surface area (Å²) in [7, 11) is 0. The summed E-state index contributed by atoms with van der Waals surface area (Å²) in [4.78, 5) is 2.43. The van der Waals surface area contributed by atoms with Crippen molar-refractivity contribution < 1.29 is 0 Å². The zero-order valence-electron chi connectivity index (χ0n) is 27.4. The third-order valence-electron chi connectivity index (χ3n) is 10.6. The van der Waals surface area contributed by atoms with E-state index in [1.807, 2.05) is 11.3 Å². The van der Waals surface area contributed by atoms with Crippen LogP contribution in [-0.4, -0.2) is 0 Å². The molecule has 8 aromatic carbocycles. The second kappa shape index (κ2) is 10.7. The molecule has 1 aliphatic carbocycles. The number of rotatable bonds is 4. The largest absolute Gasteiger partial charge is 0.310 e. The van der Waals surface area contributed by atoms with Gasteiger partial charge in [0.15, 0.2) is 0 Å². The Balaban J connectivity index is 1.18. The molecule has 0 spiro atoms. The highest BCUT2D eigenvalue weighted by Crippen LogP contribution is 2.51. The van der Waals surface area contributed by atoms with Gasteiger partial charge in [0, 0.05) is 48.0 Å². The Morgan fingerprint density at radius 2 is 1.10 bits per heavy atom. The van der Waals surface area contributed by atoms with Crippen molar-refractivity contribution in [2.75, 3.05) is 4.90 Å². The molecule has 49 heavy (non-hydrogen) atoms. The van der Waals surface area contributed by atoms with E-state index in [4.69, 9.17) is 0 Å². The van der Waals surface area contributed by atoms with Crippen molar-refractivity contribution in [1.29, 1.82) is 0 Å². The molecule has 0 aliphatic heterocycles. The average Bonchev–Trinajstić information content (AvgIpc) is 3.64. The van der Waals surface area contributed by atoms with E-state index in [0.29, 0.717) is 0 Å². The van der Waals surface area contributed by atoms with Crippen molar-refractivity contribution in [2.45, 2.75) is 19.3 Å². The first-order valence-corrected chi connectivity index (χ1v) is 17.8. The van der Waals surface area contributed by atoms with Gasteiger partial charge in [0.2, 0.25) is 0 Å². The minimum Gasteiger partial charge on any atom is -0.310 e. The third kappa shape index (κ3) is 4.31. The zero-order chi connectivity index (χ0) is 32.7. The van der Waals surface area contributed by atoms with Gasteiger partial charge in [-0.25, -0.2) is 0 Å². The molecule has 0 saturated heterocycles. The predicted octanol–water partition coefficient (Wildman–Crippen LogP) is 13.8. The monoisotopic (exact) mass is 643 g/mol. The number of thiophene rings is 1. The number of benzene rings is 8. The molecule has 1 aromatic heterocycles. The topological polar surface area (TPSA) is 3.24 Å². The smallest absolute Gasteiger partial charge is 0.0468 e. The lowest BCUT2D eigenvalue weighted by Gasteiger charge is -2.27. The Morgan fingerprint density at radius 3 is 1.98 bits per heavy atom. The number of fused-ring (bicyclic) bond motifs is 10. The number of anilines is 3. The Morgan fingerprint density at radius 1 is 0.449 bits per heavy atom. The molecule has 10 rings (SSSR count). The molecular formula is C47H33NS. The summed E-state index contributed by atoms with van der Waals surface area (Å²) in [6.07, 6.45) is 0.